The van der Waals surface area contributed by atoms with Gasteiger partial charge in [0.2, 0.25) is 17.5 Å². The number of phenolic OH excluding ortho intramolecular Hbond substituents is 4. The smallest absolute Gasteiger partial charge is 0.303 e. The lowest BCUT2D eigenvalue weighted by Crippen LogP contribution is -2.63. The van der Waals surface area contributed by atoms with E-state index in [0.29, 0.717) is 0 Å². The Bertz CT molecular complexity index is 2010. The van der Waals surface area contributed by atoms with Gasteiger partial charge in [0.05, 0.1) is 12.7 Å². The van der Waals surface area contributed by atoms with Crippen LogP contribution in [0.2, 0.25) is 0 Å². The third kappa shape index (κ3) is 8.84. The van der Waals surface area contributed by atoms with Crippen molar-refractivity contribution in [3.63, 3.8) is 0 Å². The Balaban J connectivity index is 1.52. The Hall–Kier alpha value is -5.67. The zero-order valence-corrected chi connectivity index (χ0v) is 29.8. The summed E-state index contributed by atoms with van der Waals surface area (Å²) in [5, 5.41) is 62.7. The number of carbonyl (C=O) groups excluding carboxylic acids is 4. The van der Waals surface area contributed by atoms with Gasteiger partial charge >= 0.3 is 23.9 Å². The number of ether oxygens (including phenoxy) is 8. The molecule has 0 unspecified atom stereocenters. The summed E-state index contributed by atoms with van der Waals surface area (Å²) in [5.74, 6) is -7.03. The van der Waals surface area contributed by atoms with Gasteiger partial charge in [0.1, 0.15) is 34.7 Å². The van der Waals surface area contributed by atoms with Crippen LogP contribution in [0.3, 0.4) is 0 Å². The number of hydrogen-bond donors (Lipinski definition) is 6. The molecule has 3 aromatic rings. The monoisotopic (exact) mass is 778 g/mol. The van der Waals surface area contributed by atoms with Crippen molar-refractivity contribution in [2.24, 2.45) is 0 Å². The number of aromatic hydroxyl groups is 4. The number of benzene rings is 2. The molecule has 0 aliphatic carbocycles. The predicted octanol–water partition coefficient (Wildman–Crippen LogP) is 0.596. The number of phenols is 4. The minimum atomic E-state index is -2.03. The van der Waals surface area contributed by atoms with Crippen molar-refractivity contribution in [2.75, 3.05) is 6.61 Å². The van der Waals surface area contributed by atoms with Gasteiger partial charge in [-0.15, -0.1) is 0 Å². The Morgan fingerprint density at radius 2 is 1.29 bits per heavy atom. The molecule has 298 valence electrons. The number of carbonyl (C=O) groups is 4. The average Bonchev–Trinajstić information content (AvgIpc) is 3.08. The van der Waals surface area contributed by atoms with Crippen LogP contribution in [0.5, 0.6) is 28.7 Å². The molecule has 2 aromatic carbocycles. The summed E-state index contributed by atoms with van der Waals surface area (Å²) in [6, 6.07) is 5.12. The Morgan fingerprint density at radius 3 is 1.91 bits per heavy atom. The Labute approximate surface area is 310 Å². The van der Waals surface area contributed by atoms with Gasteiger partial charge in [-0.2, -0.15) is 0 Å². The number of hydrogen-bond acceptors (Lipinski definition) is 20. The lowest BCUT2D eigenvalue weighted by molar-refractivity contribution is -0.322. The molecular weight excluding hydrogens is 740 g/mol. The van der Waals surface area contributed by atoms with Crippen LogP contribution in [0, 0.1) is 0 Å². The summed E-state index contributed by atoms with van der Waals surface area (Å²) in [7, 11) is 0. The Morgan fingerprint density at radius 1 is 0.691 bits per heavy atom. The molecule has 2 aliphatic rings. The van der Waals surface area contributed by atoms with Gasteiger partial charge in [-0.1, -0.05) is 0 Å². The SMILES string of the molecule is CC(=O)O[C@H]1[C@@H](O)[C@@H](CO[C@H]2O[C@@H](C)[C@H](OC(C)=O)[C@@H](OC(C)=O)[C@H]2OC(C)=O)O[C@@H](Oc2c(-c3ccc(O)c(O)c3)oc3cc(O)cc(O)c3c2=O)[C@@H]1O. The molecule has 0 radical (unpaired) electrons. The highest BCUT2D eigenvalue weighted by Gasteiger charge is 2.53. The quantitative estimate of drug-likeness (QED) is 0.0933. The standard InChI is InChI=1S/C35H38O20/c1-12-28(49-13(2)36)32(51-15(4)38)33(52-16(5)39)35(48-12)47-11-23-25(44)30(50-14(3)37)27(46)34(54-23)55-31-26(45)24-21(43)9-18(40)10-22(24)53-29(31)17-6-7-19(41)20(42)8-17/h6-10,12,23,25,27-28,30,32-35,40-44,46H,11H2,1-5H3/t12-,23+,25-,27+,28-,30-,32+,33+,34-,35-/m0/s1. The van der Waals surface area contributed by atoms with Crippen molar-refractivity contribution < 1.29 is 92.1 Å². The molecule has 0 amide bonds. The first-order valence-electron chi connectivity index (χ1n) is 16.6. The maximum Gasteiger partial charge on any atom is 0.303 e. The van der Waals surface area contributed by atoms with Crippen molar-refractivity contribution in [2.45, 2.75) is 96.0 Å². The summed E-state index contributed by atoms with van der Waals surface area (Å²) < 4.78 is 50.5. The van der Waals surface area contributed by atoms with Crippen LogP contribution < -0.4 is 10.2 Å². The second-order valence-electron chi connectivity index (χ2n) is 12.6. The lowest BCUT2D eigenvalue weighted by atomic mass is 9.98. The maximum absolute atomic E-state index is 13.9. The van der Waals surface area contributed by atoms with Crippen LogP contribution in [-0.4, -0.2) is 123 Å². The molecule has 10 atom stereocenters. The second-order valence-corrected chi connectivity index (χ2v) is 12.6. The van der Waals surface area contributed by atoms with Gasteiger partial charge in [0, 0.05) is 45.4 Å². The van der Waals surface area contributed by atoms with E-state index in [1.807, 2.05) is 0 Å². The van der Waals surface area contributed by atoms with E-state index in [-0.39, 0.29) is 11.1 Å². The molecule has 5 rings (SSSR count). The average molecular weight is 779 g/mol. The number of aliphatic hydroxyl groups is 2. The van der Waals surface area contributed by atoms with Crippen molar-refractivity contribution in [1.29, 1.82) is 0 Å². The number of fused-ring (bicyclic) bond motifs is 1. The van der Waals surface area contributed by atoms with Crippen molar-refractivity contribution in [3.05, 3.63) is 40.6 Å². The topological polar surface area (TPSA) is 294 Å². The van der Waals surface area contributed by atoms with E-state index in [2.05, 4.69) is 0 Å². The summed E-state index contributed by atoms with van der Waals surface area (Å²) in [4.78, 5) is 62.1. The first-order chi connectivity index (χ1) is 25.9. The van der Waals surface area contributed by atoms with Crippen molar-refractivity contribution in [1.82, 2.24) is 0 Å². The minimum Gasteiger partial charge on any atom is -0.508 e. The van der Waals surface area contributed by atoms with Gasteiger partial charge in [-0.05, 0) is 25.1 Å². The fourth-order valence-electron chi connectivity index (χ4n) is 6.11. The van der Waals surface area contributed by atoms with Crippen LogP contribution in [0.25, 0.3) is 22.3 Å². The zero-order valence-electron chi connectivity index (χ0n) is 29.8. The first kappa shape index (κ1) is 40.5. The maximum atomic E-state index is 13.9. The molecule has 20 nitrogen and oxygen atoms in total. The zero-order chi connectivity index (χ0) is 40.5. The summed E-state index contributed by atoms with van der Waals surface area (Å²) in [6.45, 7) is 4.93. The number of esters is 4. The summed E-state index contributed by atoms with van der Waals surface area (Å²) in [5.41, 5.74) is -1.50. The van der Waals surface area contributed by atoms with E-state index in [1.54, 1.807) is 0 Å². The molecule has 55 heavy (non-hydrogen) atoms. The first-order valence-corrected chi connectivity index (χ1v) is 16.6. The molecule has 1 aromatic heterocycles. The van der Waals surface area contributed by atoms with Gasteiger partial charge in [-0.25, -0.2) is 0 Å². The highest BCUT2D eigenvalue weighted by Crippen LogP contribution is 2.40. The molecular formula is C35H38O20. The molecule has 2 fully saturated rings. The molecule has 2 aliphatic heterocycles. The highest BCUT2D eigenvalue weighted by atomic mass is 16.7. The van der Waals surface area contributed by atoms with Crippen LogP contribution >= 0.6 is 0 Å². The van der Waals surface area contributed by atoms with Gasteiger partial charge < -0.3 is 73.0 Å². The predicted molar refractivity (Wildman–Crippen MR) is 178 cm³/mol. The third-order valence-electron chi connectivity index (χ3n) is 8.39. The highest BCUT2D eigenvalue weighted by molar-refractivity contribution is 5.88. The second kappa shape index (κ2) is 16.4. The molecule has 2 saturated heterocycles. The lowest BCUT2D eigenvalue weighted by Gasteiger charge is -2.45. The summed E-state index contributed by atoms with van der Waals surface area (Å²) in [6.07, 6.45) is -16.2. The van der Waals surface area contributed by atoms with Crippen molar-refractivity contribution >= 4 is 34.8 Å². The van der Waals surface area contributed by atoms with E-state index in [4.69, 9.17) is 42.3 Å². The fraction of sp³-hybridized carbons (Fsp3) is 0.457. The van der Waals surface area contributed by atoms with E-state index in [1.165, 1.54) is 13.0 Å². The fourth-order valence-corrected chi connectivity index (χ4v) is 6.11. The summed E-state index contributed by atoms with van der Waals surface area (Å²) >= 11 is 0. The normalized spacial score (nSPS) is 27.8. The van der Waals surface area contributed by atoms with Crippen molar-refractivity contribution in [3.8, 4) is 40.1 Å². The number of aliphatic hydroxyl groups excluding tert-OH is 2. The van der Waals surface area contributed by atoms with Crippen LogP contribution in [-0.2, 0) is 52.3 Å². The molecule has 20 heteroatoms. The van der Waals surface area contributed by atoms with E-state index >= 15 is 0 Å². The van der Waals surface area contributed by atoms with Crippen LogP contribution in [0.15, 0.2) is 39.5 Å². The van der Waals surface area contributed by atoms with Gasteiger partial charge in [0.25, 0.3) is 0 Å². The Kier molecular flexibility index (Phi) is 12.1. The van der Waals surface area contributed by atoms with E-state index in [9.17, 15) is 54.6 Å². The van der Waals surface area contributed by atoms with Gasteiger partial charge in [0.15, 0.2) is 54.1 Å². The molecule has 0 spiro atoms. The number of rotatable bonds is 10. The van der Waals surface area contributed by atoms with E-state index < -0.39 is 137 Å². The van der Waals surface area contributed by atoms with E-state index in [0.717, 1.165) is 52.0 Å². The molecule has 3 heterocycles. The molecule has 0 bridgehead atoms. The van der Waals surface area contributed by atoms with Crippen LogP contribution in [0.4, 0.5) is 0 Å². The third-order valence-corrected chi connectivity index (χ3v) is 8.39. The molecule has 6 N–H and O–H groups in total. The largest absolute Gasteiger partial charge is 0.508 e. The van der Waals surface area contributed by atoms with Crippen LogP contribution in [0.1, 0.15) is 34.6 Å². The van der Waals surface area contributed by atoms with Gasteiger partial charge in [-0.3, -0.25) is 24.0 Å². The molecule has 0 saturated carbocycles. The minimum absolute atomic E-state index is 0.0802.